The summed E-state index contributed by atoms with van der Waals surface area (Å²) in [4.78, 5) is 26.5. The van der Waals surface area contributed by atoms with Gasteiger partial charge in [-0.1, -0.05) is 0 Å². The maximum Gasteiger partial charge on any atom is 0.308 e. The molecule has 116 valence electrons. The second kappa shape index (κ2) is 8.14. The van der Waals surface area contributed by atoms with E-state index in [1.807, 2.05) is 17.0 Å². The molecule has 0 radical (unpaired) electrons. The Morgan fingerprint density at radius 1 is 1.19 bits per heavy atom. The Balaban J connectivity index is 1.63. The Bertz CT molecular complexity index is 481. The molecule has 21 heavy (non-hydrogen) atoms. The Labute approximate surface area is 129 Å². The SMILES string of the molecule is O=C(O)Cc1ccc(CNCCC(=O)N2CCCCC2)s1. The molecule has 0 bridgehead atoms. The zero-order chi connectivity index (χ0) is 15.1. The molecule has 1 amide bonds. The van der Waals surface area contributed by atoms with Crippen LogP contribution in [0.2, 0.25) is 0 Å². The van der Waals surface area contributed by atoms with Crippen molar-refractivity contribution in [1.82, 2.24) is 10.2 Å². The summed E-state index contributed by atoms with van der Waals surface area (Å²) in [7, 11) is 0. The van der Waals surface area contributed by atoms with Gasteiger partial charge in [0.25, 0.3) is 0 Å². The number of likely N-dealkylation sites (tertiary alicyclic amines) is 1. The van der Waals surface area contributed by atoms with E-state index in [0.717, 1.165) is 35.7 Å². The van der Waals surface area contributed by atoms with E-state index in [9.17, 15) is 9.59 Å². The van der Waals surface area contributed by atoms with Gasteiger partial charge in [-0.3, -0.25) is 9.59 Å². The monoisotopic (exact) mass is 310 g/mol. The molecule has 1 saturated heterocycles. The lowest BCUT2D eigenvalue weighted by Crippen LogP contribution is -2.37. The van der Waals surface area contributed by atoms with Crippen LogP contribution >= 0.6 is 11.3 Å². The van der Waals surface area contributed by atoms with Crippen LogP contribution in [0.15, 0.2) is 12.1 Å². The minimum Gasteiger partial charge on any atom is -0.481 e. The number of thiophene rings is 1. The summed E-state index contributed by atoms with van der Waals surface area (Å²) in [5.41, 5.74) is 0. The zero-order valence-electron chi connectivity index (χ0n) is 12.1. The third kappa shape index (κ3) is 5.47. The lowest BCUT2D eigenvalue weighted by atomic mass is 10.1. The first-order valence-electron chi connectivity index (χ1n) is 7.43. The number of rotatable bonds is 7. The largest absolute Gasteiger partial charge is 0.481 e. The Morgan fingerprint density at radius 2 is 1.90 bits per heavy atom. The number of nitrogens with one attached hydrogen (secondary N) is 1. The summed E-state index contributed by atoms with van der Waals surface area (Å²) in [5.74, 6) is -0.566. The van der Waals surface area contributed by atoms with Crippen molar-refractivity contribution in [3.05, 3.63) is 21.9 Å². The second-order valence-electron chi connectivity index (χ2n) is 5.31. The molecule has 0 aliphatic carbocycles. The number of carbonyl (C=O) groups is 2. The first kappa shape index (κ1) is 16.0. The van der Waals surface area contributed by atoms with E-state index < -0.39 is 5.97 Å². The van der Waals surface area contributed by atoms with Gasteiger partial charge in [-0.25, -0.2) is 0 Å². The number of carboxylic acids is 1. The van der Waals surface area contributed by atoms with Crippen molar-refractivity contribution in [2.45, 2.75) is 38.6 Å². The summed E-state index contributed by atoms with van der Waals surface area (Å²) in [6.45, 7) is 3.17. The molecule has 0 spiro atoms. The number of carbonyl (C=O) groups excluding carboxylic acids is 1. The second-order valence-corrected chi connectivity index (χ2v) is 6.56. The summed E-state index contributed by atoms with van der Waals surface area (Å²) in [6, 6.07) is 3.80. The Hall–Kier alpha value is -1.40. The van der Waals surface area contributed by atoms with Gasteiger partial charge in [-0.15, -0.1) is 11.3 Å². The van der Waals surface area contributed by atoms with Crippen molar-refractivity contribution in [1.29, 1.82) is 0 Å². The third-order valence-corrected chi connectivity index (χ3v) is 4.65. The van der Waals surface area contributed by atoms with Crippen molar-refractivity contribution >= 4 is 23.2 Å². The highest BCUT2D eigenvalue weighted by Gasteiger charge is 2.15. The van der Waals surface area contributed by atoms with Gasteiger partial charge in [0.15, 0.2) is 0 Å². The van der Waals surface area contributed by atoms with Crippen molar-refractivity contribution in [2.75, 3.05) is 19.6 Å². The number of nitrogens with zero attached hydrogens (tertiary/aromatic N) is 1. The van der Waals surface area contributed by atoms with Crippen LogP contribution in [-0.2, 0) is 22.6 Å². The molecule has 0 saturated carbocycles. The summed E-state index contributed by atoms with van der Waals surface area (Å²) < 4.78 is 0. The molecule has 1 aliphatic rings. The van der Waals surface area contributed by atoms with Gasteiger partial charge in [0.1, 0.15) is 0 Å². The standard InChI is InChI=1S/C15H22N2O3S/c18-14(17-8-2-1-3-9-17)6-7-16-11-13-5-4-12(21-13)10-15(19)20/h4-5,16H,1-3,6-11H2,(H,19,20). The van der Waals surface area contributed by atoms with Crippen LogP contribution in [0.4, 0.5) is 0 Å². The van der Waals surface area contributed by atoms with Gasteiger partial charge in [0.05, 0.1) is 6.42 Å². The molecule has 5 nitrogen and oxygen atoms in total. The molecule has 1 aliphatic heterocycles. The van der Waals surface area contributed by atoms with E-state index in [-0.39, 0.29) is 12.3 Å². The number of hydrogen-bond acceptors (Lipinski definition) is 4. The number of piperidine rings is 1. The molecule has 6 heteroatoms. The van der Waals surface area contributed by atoms with Gasteiger partial charge < -0.3 is 15.3 Å². The van der Waals surface area contributed by atoms with Crippen molar-refractivity contribution in [3.8, 4) is 0 Å². The van der Waals surface area contributed by atoms with E-state index in [2.05, 4.69) is 5.32 Å². The predicted molar refractivity (Wildman–Crippen MR) is 82.4 cm³/mol. The van der Waals surface area contributed by atoms with Crippen LogP contribution in [0.3, 0.4) is 0 Å². The number of aliphatic carboxylic acids is 1. The fourth-order valence-electron chi connectivity index (χ4n) is 2.47. The highest BCUT2D eigenvalue weighted by Crippen LogP contribution is 2.17. The number of carboxylic acid groups (broad SMARTS) is 1. The molecule has 0 atom stereocenters. The van der Waals surface area contributed by atoms with E-state index >= 15 is 0 Å². The minimum absolute atomic E-state index is 0.0815. The van der Waals surface area contributed by atoms with E-state index in [4.69, 9.17) is 5.11 Å². The summed E-state index contributed by atoms with van der Waals surface area (Å²) >= 11 is 1.51. The fraction of sp³-hybridized carbons (Fsp3) is 0.600. The maximum atomic E-state index is 12.0. The minimum atomic E-state index is -0.802. The summed E-state index contributed by atoms with van der Waals surface area (Å²) in [5, 5.41) is 12.0. The van der Waals surface area contributed by atoms with Crippen LogP contribution in [0.1, 0.15) is 35.4 Å². The molecular formula is C15H22N2O3S. The molecule has 2 heterocycles. The predicted octanol–water partition coefficient (Wildman–Crippen LogP) is 1.87. The normalized spacial score (nSPS) is 15.1. The Morgan fingerprint density at radius 3 is 2.62 bits per heavy atom. The lowest BCUT2D eigenvalue weighted by Gasteiger charge is -2.26. The molecule has 0 unspecified atom stereocenters. The highest BCUT2D eigenvalue weighted by atomic mass is 32.1. The molecule has 2 N–H and O–H groups in total. The molecule has 2 rings (SSSR count). The number of amides is 1. The van der Waals surface area contributed by atoms with Gasteiger partial charge in [0.2, 0.25) is 5.91 Å². The van der Waals surface area contributed by atoms with Crippen molar-refractivity contribution < 1.29 is 14.7 Å². The van der Waals surface area contributed by atoms with Crippen molar-refractivity contribution in [2.24, 2.45) is 0 Å². The molecule has 1 aromatic heterocycles. The zero-order valence-corrected chi connectivity index (χ0v) is 13.0. The van der Waals surface area contributed by atoms with E-state index in [1.165, 1.54) is 17.8 Å². The molecule has 1 aromatic rings. The first-order chi connectivity index (χ1) is 10.1. The molecular weight excluding hydrogens is 288 g/mol. The van der Waals surface area contributed by atoms with Crippen LogP contribution in [-0.4, -0.2) is 41.5 Å². The van der Waals surface area contributed by atoms with Crippen LogP contribution < -0.4 is 5.32 Å². The maximum absolute atomic E-state index is 12.0. The fourth-order valence-corrected chi connectivity index (χ4v) is 3.45. The molecule has 0 aromatic carbocycles. The quantitative estimate of drug-likeness (QED) is 0.754. The van der Waals surface area contributed by atoms with Crippen LogP contribution in [0.5, 0.6) is 0 Å². The van der Waals surface area contributed by atoms with Gasteiger partial charge in [-0.2, -0.15) is 0 Å². The highest BCUT2D eigenvalue weighted by molar-refractivity contribution is 7.12. The smallest absolute Gasteiger partial charge is 0.308 e. The van der Waals surface area contributed by atoms with Crippen molar-refractivity contribution in [3.63, 3.8) is 0 Å². The third-order valence-electron chi connectivity index (χ3n) is 3.57. The number of hydrogen-bond donors (Lipinski definition) is 2. The van der Waals surface area contributed by atoms with Gasteiger partial charge in [0, 0.05) is 42.4 Å². The summed E-state index contributed by atoms with van der Waals surface area (Å²) in [6.07, 6.45) is 4.10. The lowest BCUT2D eigenvalue weighted by molar-refractivity contribution is -0.136. The van der Waals surface area contributed by atoms with Crippen LogP contribution in [0, 0.1) is 0 Å². The van der Waals surface area contributed by atoms with Gasteiger partial charge in [-0.05, 0) is 31.4 Å². The Kier molecular flexibility index (Phi) is 6.20. The first-order valence-corrected chi connectivity index (χ1v) is 8.24. The molecule has 1 fully saturated rings. The van der Waals surface area contributed by atoms with Crippen LogP contribution in [0.25, 0.3) is 0 Å². The average molecular weight is 310 g/mol. The van der Waals surface area contributed by atoms with Gasteiger partial charge >= 0.3 is 5.97 Å². The van der Waals surface area contributed by atoms with E-state index in [1.54, 1.807) is 0 Å². The average Bonchev–Trinajstić information content (AvgIpc) is 2.91. The topological polar surface area (TPSA) is 69.6 Å². The van der Waals surface area contributed by atoms with E-state index in [0.29, 0.717) is 19.5 Å².